The maximum Gasteiger partial charge on any atom is 0.303 e. The molecule has 1 aromatic carbocycles. The molecule has 0 radical (unpaired) electrons. The Morgan fingerprint density at radius 2 is 2.16 bits per heavy atom. The van der Waals surface area contributed by atoms with Crippen molar-refractivity contribution in [2.24, 2.45) is 0 Å². The fourth-order valence-corrected chi connectivity index (χ4v) is 3.36. The second-order valence-corrected chi connectivity index (χ2v) is 6.79. The number of halogens is 4. The Morgan fingerprint density at radius 1 is 1.44 bits per heavy atom. The first kappa shape index (κ1) is 18.2. The molecule has 3 rings (SSSR count). The van der Waals surface area contributed by atoms with Crippen LogP contribution in [-0.2, 0) is 11.2 Å². The maximum absolute atomic E-state index is 13.4. The fourth-order valence-electron chi connectivity index (χ4n) is 2.97. The second-order valence-electron chi connectivity index (χ2n) is 6.00. The molecular formula is C16H16Cl2F2N2O3. The number of nitrogens with one attached hydrogen (secondary N) is 2. The summed E-state index contributed by atoms with van der Waals surface area (Å²) in [6.07, 6.45) is 0.542. The maximum atomic E-state index is 13.4. The average molecular weight is 393 g/mol. The number of aliphatic hydroxyl groups is 1. The Bertz CT molecular complexity index is 839. The standard InChI is InChI=1S/C16H16Cl2F2N2O3/c1-7-11-9(2-3-21-15(7)24)22-14-12(11)10(4-8(17)13(14)18)25-6-16(19,20)5-23/h4,7,22-23H,2-3,5-6H2,1H3,(H,21,24)/t7-/m1/s1. The van der Waals surface area contributed by atoms with Crippen LogP contribution in [0.4, 0.5) is 8.78 Å². The number of H-pyrrole nitrogens is 1. The van der Waals surface area contributed by atoms with Crippen LogP contribution in [0.3, 0.4) is 0 Å². The van der Waals surface area contributed by atoms with Gasteiger partial charge in [-0.1, -0.05) is 23.2 Å². The number of alkyl halides is 2. The molecule has 0 aliphatic carbocycles. The second kappa shape index (κ2) is 6.63. The lowest BCUT2D eigenvalue weighted by molar-refractivity contribution is -0.121. The monoisotopic (exact) mass is 392 g/mol. The minimum Gasteiger partial charge on any atom is -0.486 e. The van der Waals surface area contributed by atoms with E-state index in [9.17, 15) is 13.6 Å². The fraction of sp³-hybridized carbons (Fsp3) is 0.438. The highest BCUT2D eigenvalue weighted by Gasteiger charge is 2.32. The summed E-state index contributed by atoms with van der Waals surface area (Å²) in [5.41, 5.74) is 1.89. The van der Waals surface area contributed by atoms with Crippen LogP contribution in [0.15, 0.2) is 6.07 Å². The van der Waals surface area contributed by atoms with Crippen molar-refractivity contribution in [2.75, 3.05) is 19.8 Å². The summed E-state index contributed by atoms with van der Waals surface area (Å²) in [4.78, 5) is 15.3. The van der Waals surface area contributed by atoms with Crippen molar-refractivity contribution in [2.45, 2.75) is 25.2 Å². The van der Waals surface area contributed by atoms with Crippen LogP contribution in [0.25, 0.3) is 10.9 Å². The zero-order valence-corrected chi connectivity index (χ0v) is 14.8. The van der Waals surface area contributed by atoms with E-state index in [0.29, 0.717) is 29.4 Å². The Balaban J connectivity index is 2.18. The molecule has 0 saturated carbocycles. The van der Waals surface area contributed by atoms with E-state index in [1.807, 2.05) is 0 Å². The largest absolute Gasteiger partial charge is 0.486 e. The summed E-state index contributed by atoms with van der Waals surface area (Å²) < 4.78 is 32.0. The van der Waals surface area contributed by atoms with Crippen LogP contribution < -0.4 is 10.1 Å². The molecule has 9 heteroatoms. The molecule has 1 aliphatic heterocycles. The number of fused-ring (bicyclic) bond motifs is 3. The molecule has 0 bridgehead atoms. The quantitative estimate of drug-likeness (QED) is 0.747. The number of aliphatic hydroxyl groups excluding tert-OH is 1. The molecule has 0 fully saturated rings. The Kier molecular flexibility index (Phi) is 4.83. The number of carbonyl (C=O) groups is 1. The van der Waals surface area contributed by atoms with Crippen LogP contribution in [0.1, 0.15) is 24.1 Å². The van der Waals surface area contributed by atoms with Crippen molar-refractivity contribution < 1.29 is 23.4 Å². The number of aromatic nitrogens is 1. The van der Waals surface area contributed by atoms with E-state index >= 15 is 0 Å². The first-order chi connectivity index (χ1) is 11.7. The summed E-state index contributed by atoms with van der Waals surface area (Å²) in [7, 11) is 0. The van der Waals surface area contributed by atoms with Gasteiger partial charge in [-0.2, -0.15) is 0 Å². The summed E-state index contributed by atoms with van der Waals surface area (Å²) in [5, 5.41) is 12.3. The van der Waals surface area contributed by atoms with Gasteiger partial charge >= 0.3 is 5.92 Å². The van der Waals surface area contributed by atoms with Gasteiger partial charge in [0.25, 0.3) is 0 Å². The number of rotatable bonds is 4. The molecule has 1 atom stereocenters. The van der Waals surface area contributed by atoms with Gasteiger partial charge in [-0.05, 0) is 12.5 Å². The highest BCUT2D eigenvalue weighted by atomic mass is 35.5. The molecular weight excluding hydrogens is 377 g/mol. The zero-order chi connectivity index (χ0) is 18.4. The molecule has 1 amide bonds. The molecule has 0 saturated heterocycles. The van der Waals surface area contributed by atoms with E-state index in [1.54, 1.807) is 6.92 Å². The zero-order valence-electron chi connectivity index (χ0n) is 13.3. The number of hydrogen-bond acceptors (Lipinski definition) is 3. The van der Waals surface area contributed by atoms with Gasteiger partial charge in [0.1, 0.15) is 12.4 Å². The number of amides is 1. The van der Waals surface area contributed by atoms with Crippen LogP contribution in [-0.4, -0.2) is 41.7 Å². The average Bonchev–Trinajstić information content (AvgIpc) is 2.89. The van der Waals surface area contributed by atoms with Gasteiger partial charge in [-0.3, -0.25) is 4.79 Å². The van der Waals surface area contributed by atoms with E-state index < -0.39 is 25.1 Å². The van der Waals surface area contributed by atoms with Gasteiger partial charge in [0, 0.05) is 30.1 Å². The predicted molar refractivity (Wildman–Crippen MR) is 91.0 cm³/mol. The molecule has 25 heavy (non-hydrogen) atoms. The van der Waals surface area contributed by atoms with Crippen LogP contribution in [0, 0.1) is 0 Å². The minimum absolute atomic E-state index is 0.0941. The van der Waals surface area contributed by atoms with E-state index in [-0.39, 0.29) is 21.7 Å². The third kappa shape index (κ3) is 3.28. The summed E-state index contributed by atoms with van der Waals surface area (Å²) in [6.45, 7) is -0.173. The molecule has 136 valence electrons. The lowest BCUT2D eigenvalue weighted by Gasteiger charge is -2.17. The first-order valence-electron chi connectivity index (χ1n) is 7.67. The van der Waals surface area contributed by atoms with E-state index in [4.69, 9.17) is 33.0 Å². The van der Waals surface area contributed by atoms with Crippen LogP contribution in [0.2, 0.25) is 10.0 Å². The van der Waals surface area contributed by atoms with Gasteiger partial charge in [-0.15, -0.1) is 0 Å². The Labute approximate surface area is 152 Å². The van der Waals surface area contributed by atoms with E-state index in [0.717, 1.165) is 5.69 Å². The van der Waals surface area contributed by atoms with Crippen LogP contribution in [0.5, 0.6) is 5.75 Å². The lowest BCUT2D eigenvalue weighted by atomic mass is 9.96. The number of aromatic amines is 1. The topological polar surface area (TPSA) is 74.4 Å². The predicted octanol–water partition coefficient (Wildman–Crippen LogP) is 3.26. The Hall–Kier alpha value is -1.57. The molecule has 1 aromatic heterocycles. The third-order valence-electron chi connectivity index (χ3n) is 4.22. The number of carbonyl (C=O) groups excluding carboxylic acids is 1. The van der Waals surface area contributed by atoms with Gasteiger partial charge in [0.2, 0.25) is 5.91 Å². The van der Waals surface area contributed by atoms with E-state index in [1.165, 1.54) is 6.07 Å². The van der Waals surface area contributed by atoms with Crippen molar-refractivity contribution >= 4 is 40.0 Å². The van der Waals surface area contributed by atoms with Gasteiger partial charge in [-0.25, -0.2) is 8.78 Å². The summed E-state index contributed by atoms with van der Waals surface area (Å²) in [6, 6.07) is 1.35. The highest BCUT2D eigenvalue weighted by Crippen LogP contribution is 2.43. The van der Waals surface area contributed by atoms with Gasteiger partial charge in [0.05, 0.1) is 21.5 Å². The lowest BCUT2D eigenvalue weighted by Crippen LogP contribution is -2.29. The molecule has 0 unspecified atom stereocenters. The molecule has 5 nitrogen and oxygen atoms in total. The molecule has 1 aliphatic rings. The van der Waals surface area contributed by atoms with Crippen molar-refractivity contribution in [3.8, 4) is 5.75 Å². The van der Waals surface area contributed by atoms with Crippen molar-refractivity contribution in [3.63, 3.8) is 0 Å². The molecule has 2 aromatic rings. The number of ether oxygens (including phenoxy) is 1. The highest BCUT2D eigenvalue weighted by molar-refractivity contribution is 6.45. The van der Waals surface area contributed by atoms with Crippen molar-refractivity contribution in [3.05, 3.63) is 27.4 Å². The van der Waals surface area contributed by atoms with E-state index in [2.05, 4.69) is 10.3 Å². The summed E-state index contributed by atoms with van der Waals surface area (Å²) >= 11 is 12.3. The SMILES string of the molecule is C[C@H]1C(=O)NCCc2[nH]c3c(Cl)c(Cl)cc(OCC(F)(F)CO)c3c21. The number of benzene rings is 1. The van der Waals surface area contributed by atoms with Crippen molar-refractivity contribution in [1.29, 1.82) is 0 Å². The van der Waals surface area contributed by atoms with Crippen molar-refractivity contribution in [1.82, 2.24) is 10.3 Å². The third-order valence-corrected chi connectivity index (χ3v) is 5.01. The Morgan fingerprint density at radius 3 is 2.84 bits per heavy atom. The molecule has 2 heterocycles. The normalized spacial score (nSPS) is 18.0. The van der Waals surface area contributed by atoms with Gasteiger partial charge < -0.3 is 20.1 Å². The number of hydrogen-bond donors (Lipinski definition) is 3. The minimum atomic E-state index is -3.39. The summed E-state index contributed by atoms with van der Waals surface area (Å²) in [5.74, 6) is -3.98. The molecule has 3 N–H and O–H groups in total. The van der Waals surface area contributed by atoms with Gasteiger partial charge in [0.15, 0.2) is 6.61 Å². The smallest absolute Gasteiger partial charge is 0.303 e. The molecule has 0 spiro atoms. The first-order valence-corrected chi connectivity index (χ1v) is 8.42. The van der Waals surface area contributed by atoms with Crippen LogP contribution >= 0.6 is 23.2 Å².